The Morgan fingerprint density at radius 3 is 2.90 bits per heavy atom. The highest BCUT2D eigenvalue weighted by Gasteiger charge is 2.17. The Bertz CT molecular complexity index is 738. The largest absolute Gasteiger partial charge is 0.469 e. The average Bonchev–Trinajstić information content (AvgIpc) is 2.47. The molecular weight excluding hydrogens is 274 g/mol. The third-order valence-electron chi connectivity index (χ3n) is 2.94. The van der Waals surface area contributed by atoms with E-state index in [4.69, 9.17) is 0 Å². The molecule has 0 aliphatic rings. The van der Waals surface area contributed by atoms with Crippen molar-refractivity contribution in [3.63, 3.8) is 0 Å². The van der Waals surface area contributed by atoms with E-state index in [1.54, 1.807) is 31.3 Å². The number of fused-ring (bicyclic) bond motifs is 1. The molecule has 1 amide bonds. The number of nitrogens with zero attached hydrogens (tertiary/aromatic N) is 2. The van der Waals surface area contributed by atoms with Gasteiger partial charge >= 0.3 is 5.97 Å². The molecule has 0 aliphatic heterocycles. The summed E-state index contributed by atoms with van der Waals surface area (Å²) in [7, 11) is 1.27. The first-order chi connectivity index (χ1) is 10.0. The fraction of sp³-hybridized carbons (Fsp3) is 0.286. The topological polar surface area (TPSA) is 89.8 Å². The predicted molar refractivity (Wildman–Crippen MR) is 75.0 cm³/mol. The molecule has 2 aromatic rings. The lowest BCUT2D eigenvalue weighted by Gasteiger charge is -2.12. The SMILES string of the molecule is COC(=O)C[C@H](C)NC(=O)c1cnc2ccccn2c1=O. The number of methoxy groups -OCH3 is 1. The standard InChI is InChI=1S/C14H15N3O4/c1-9(7-12(18)21-2)16-13(19)10-8-15-11-5-3-4-6-17(11)14(10)20/h3-6,8-9H,7H2,1-2H3,(H,16,19)/t9-/m0/s1. The number of esters is 1. The molecule has 1 N–H and O–H groups in total. The van der Waals surface area contributed by atoms with Crippen molar-refractivity contribution in [1.29, 1.82) is 0 Å². The fourth-order valence-corrected chi connectivity index (χ4v) is 1.87. The Morgan fingerprint density at radius 1 is 1.43 bits per heavy atom. The van der Waals surface area contributed by atoms with Gasteiger partial charge in [-0.2, -0.15) is 0 Å². The van der Waals surface area contributed by atoms with Gasteiger partial charge in [-0.05, 0) is 19.1 Å². The van der Waals surface area contributed by atoms with Crippen molar-refractivity contribution in [2.24, 2.45) is 0 Å². The van der Waals surface area contributed by atoms with Crippen molar-refractivity contribution < 1.29 is 14.3 Å². The Balaban J connectivity index is 2.22. The number of pyridine rings is 1. The normalized spacial score (nSPS) is 11.9. The number of hydrogen-bond donors (Lipinski definition) is 1. The molecule has 2 heterocycles. The molecule has 0 radical (unpaired) electrons. The van der Waals surface area contributed by atoms with E-state index in [1.165, 1.54) is 17.7 Å². The maximum atomic E-state index is 12.2. The number of aromatic nitrogens is 2. The molecular formula is C14H15N3O4. The number of carbonyl (C=O) groups is 2. The second kappa shape index (κ2) is 6.17. The lowest BCUT2D eigenvalue weighted by Crippen LogP contribution is -2.38. The van der Waals surface area contributed by atoms with Gasteiger partial charge < -0.3 is 10.1 Å². The van der Waals surface area contributed by atoms with Crippen molar-refractivity contribution >= 4 is 17.5 Å². The zero-order valence-electron chi connectivity index (χ0n) is 11.7. The molecule has 110 valence electrons. The first kappa shape index (κ1) is 14.7. The highest BCUT2D eigenvalue weighted by atomic mass is 16.5. The van der Waals surface area contributed by atoms with Crippen LogP contribution in [-0.2, 0) is 9.53 Å². The first-order valence-electron chi connectivity index (χ1n) is 6.37. The van der Waals surface area contributed by atoms with Crippen LogP contribution in [0.25, 0.3) is 5.65 Å². The Hall–Kier alpha value is -2.70. The minimum absolute atomic E-state index is 0.0323. The highest BCUT2D eigenvalue weighted by Crippen LogP contribution is 1.99. The highest BCUT2D eigenvalue weighted by molar-refractivity contribution is 5.94. The van der Waals surface area contributed by atoms with Crippen molar-refractivity contribution in [3.05, 3.63) is 46.5 Å². The van der Waals surface area contributed by atoms with Crippen LogP contribution in [0.2, 0.25) is 0 Å². The number of hydrogen-bond acceptors (Lipinski definition) is 5. The minimum atomic E-state index is -0.567. The summed E-state index contributed by atoms with van der Waals surface area (Å²) < 4.78 is 5.81. The minimum Gasteiger partial charge on any atom is -0.469 e. The Morgan fingerprint density at radius 2 is 2.19 bits per heavy atom. The van der Waals surface area contributed by atoms with Gasteiger partial charge in [0.25, 0.3) is 11.5 Å². The number of carbonyl (C=O) groups excluding carboxylic acids is 2. The summed E-state index contributed by atoms with van der Waals surface area (Å²) in [6.07, 6.45) is 2.81. The van der Waals surface area contributed by atoms with Crippen LogP contribution in [0.3, 0.4) is 0 Å². The van der Waals surface area contributed by atoms with Gasteiger partial charge in [0.15, 0.2) is 0 Å². The van der Waals surface area contributed by atoms with Crippen molar-refractivity contribution in [2.45, 2.75) is 19.4 Å². The third-order valence-corrected chi connectivity index (χ3v) is 2.94. The quantitative estimate of drug-likeness (QED) is 0.822. The summed E-state index contributed by atoms with van der Waals surface area (Å²) in [5.74, 6) is -1.00. The summed E-state index contributed by atoms with van der Waals surface area (Å²) in [6, 6.07) is 4.65. The Kier molecular flexibility index (Phi) is 4.32. The lowest BCUT2D eigenvalue weighted by atomic mass is 10.2. The maximum Gasteiger partial charge on any atom is 0.307 e. The number of ether oxygens (including phenoxy) is 1. The molecule has 7 nitrogen and oxygen atoms in total. The monoisotopic (exact) mass is 289 g/mol. The fourth-order valence-electron chi connectivity index (χ4n) is 1.87. The molecule has 0 fully saturated rings. The summed E-state index contributed by atoms with van der Waals surface area (Å²) in [5, 5.41) is 2.57. The molecule has 7 heteroatoms. The summed E-state index contributed by atoms with van der Waals surface area (Å²) in [6.45, 7) is 1.65. The van der Waals surface area contributed by atoms with Gasteiger partial charge in [-0.3, -0.25) is 18.8 Å². The maximum absolute atomic E-state index is 12.2. The molecule has 2 rings (SSSR count). The second-order valence-electron chi connectivity index (χ2n) is 4.56. The van der Waals surface area contributed by atoms with Gasteiger partial charge in [-0.15, -0.1) is 0 Å². The molecule has 0 spiro atoms. The summed E-state index contributed by atoms with van der Waals surface area (Å²) in [5.41, 5.74) is -0.0690. The molecule has 0 saturated carbocycles. The zero-order chi connectivity index (χ0) is 15.4. The molecule has 21 heavy (non-hydrogen) atoms. The van der Waals surface area contributed by atoms with Gasteiger partial charge in [-0.25, -0.2) is 4.98 Å². The van der Waals surface area contributed by atoms with E-state index in [1.807, 2.05) is 0 Å². The number of nitrogens with one attached hydrogen (secondary N) is 1. The van der Waals surface area contributed by atoms with Crippen molar-refractivity contribution in [1.82, 2.24) is 14.7 Å². The summed E-state index contributed by atoms with van der Waals surface area (Å²) in [4.78, 5) is 39.5. The van der Waals surface area contributed by atoms with Gasteiger partial charge in [0.2, 0.25) is 0 Å². The molecule has 0 bridgehead atoms. The van der Waals surface area contributed by atoms with Crippen LogP contribution < -0.4 is 10.9 Å². The van der Waals surface area contributed by atoms with E-state index in [-0.39, 0.29) is 12.0 Å². The smallest absolute Gasteiger partial charge is 0.307 e. The van der Waals surface area contributed by atoms with Crippen LogP contribution >= 0.6 is 0 Å². The van der Waals surface area contributed by atoms with Crippen LogP contribution in [0, 0.1) is 0 Å². The van der Waals surface area contributed by atoms with Crippen LogP contribution in [0.15, 0.2) is 35.4 Å². The molecule has 0 aromatic carbocycles. The molecule has 0 unspecified atom stereocenters. The number of rotatable bonds is 4. The van der Waals surface area contributed by atoms with E-state index < -0.39 is 23.5 Å². The molecule has 0 aliphatic carbocycles. The average molecular weight is 289 g/mol. The van der Waals surface area contributed by atoms with Crippen molar-refractivity contribution in [2.75, 3.05) is 7.11 Å². The first-order valence-corrected chi connectivity index (χ1v) is 6.37. The van der Waals surface area contributed by atoms with E-state index in [0.717, 1.165) is 0 Å². The van der Waals surface area contributed by atoms with Crippen LogP contribution in [-0.4, -0.2) is 34.4 Å². The molecule has 0 saturated heterocycles. The van der Waals surface area contributed by atoms with Gasteiger partial charge in [-0.1, -0.05) is 6.07 Å². The van der Waals surface area contributed by atoms with Crippen LogP contribution in [0.5, 0.6) is 0 Å². The molecule has 2 aromatic heterocycles. The van der Waals surface area contributed by atoms with E-state index >= 15 is 0 Å². The zero-order valence-corrected chi connectivity index (χ0v) is 11.7. The van der Waals surface area contributed by atoms with E-state index in [9.17, 15) is 14.4 Å². The second-order valence-corrected chi connectivity index (χ2v) is 4.56. The number of amides is 1. The van der Waals surface area contributed by atoms with E-state index in [2.05, 4.69) is 15.0 Å². The lowest BCUT2D eigenvalue weighted by molar-refractivity contribution is -0.141. The van der Waals surface area contributed by atoms with Gasteiger partial charge in [0.1, 0.15) is 11.2 Å². The van der Waals surface area contributed by atoms with Gasteiger partial charge in [0.05, 0.1) is 13.5 Å². The summed E-state index contributed by atoms with van der Waals surface area (Å²) >= 11 is 0. The van der Waals surface area contributed by atoms with Crippen molar-refractivity contribution in [3.8, 4) is 0 Å². The Labute approximate surface area is 120 Å². The third kappa shape index (κ3) is 3.25. The van der Waals surface area contributed by atoms with Crippen LogP contribution in [0.1, 0.15) is 23.7 Å². The van der Waals surface area contributed by atoms with E-state index in [0.29, 0.717) is 5.65 Å². The predicted octanol–water partition coefficient (Wildman–Crippen LogP) is 0.376. The molecule has 1 atom stereocenters. The van der Waals surface area contributed by atoms with Crippen LogP contribution in [0.4, 0.5) is 0 Å². The van der Waals surface area contributed by atoms with Gasteiger partial charge in [0, 0.05) is 18.4 Å².